The summed E-state index contributed by atoms with van der Waals surface area (Å²) in [5.41, 5.74) is 4.91. The number of aromatic hydroxyl groups is 1. The zero-order chi connectivity index (χ0) is 11.7. The van der Waals surface area contributed by atoms with Crippen LogP contribution in [0.2, 0.25) is 0 Å². The van der Waals surface area contributed by atoms with Crippen molar-refractivity contribution in [2.24, 2.45) is 0 Å². The van der Waals surface area contributed by atoms with E-state index < -0.39 is 0 Å². The lowest BCUT2D eigenvalue weighted by molar-refractivity contribution is 0.469. The van der Waals surface area contributed by atoms with Crippen LogP contribution in [0.25, 0.3) is 0 Å². The minimum atomic E-state index is 0.429. The topological polar surface area (TPSA) is 32.3 Å². The molecule has 16 heavy (non-hydrogen) atoms. The maximum Gasteiger partial charge on any atom is 0.119 e. The Bertz CT molecular complexity index is 392. The molecule has 2 N–H and O–H groups in total. The van der Waals surface area contributed by atoms with E-state index in [0.29, 0.717) is 11.8 Å². The van der Waals surface area contributed by atoms with Gasteiger partial charge >= 0.3 is 0 Å². The Morgan fingerprint density at radius 3 is 2.69 bits per heavy atom. The highest BCUT2D eigenvalue weighted by atomic mass is 16.3. The maximum atomic E-state index is 9.75. The van der Waals surface area contributed by atoms with Crippen molar-refractivity contribution in [1.29, 1.82) is 0 Å². The van der Waals surface area contributed by atoms with Gasteiger partial charge in [0.2, 0.25) is 0 Å². The van der Waals surface area contributed by atoms with Crippen molar-refractivity contribution < 1.29 is 5.11 Å². The number of nitrogens with one attached hydrogen (secondary N) is 1. The van der Waals surface area contributed by atoms with E-state index in [9.17, 15) is 5.11 Å². The summed E-state index contributed by atoms with van der Waals surface area (Å²) in [5.74, 6) is 0.429. The average Bonchev–Trinajstić information content (AvgIpc) is 2.74. The van der Waals surface area contributed by atoms with Gasteiger partial charge < -0.3 is 10.4 Å². The quantitative estimate of drug-likeness (QED) is 0.801. The number of benzene rings is 1. The van der Waals surface area contributed by atoms with Crippen molar-refractivity contribution in [3.8, 4) is 5.75 Å². The SMILES string of the molecule is Cc1cc(O)c(C)c(C)c1CC1CCCN1. The van der Waals surface area contributed by atoms with Crippen LogP contribution < -0.4 is 5.32 Å². The fourth-order valence-electron chi connectivity index (χ4n) is 2.61. The van der Waals surface area contributed by atoms with Gasteiger partial charge in [0.25, 0.3) is 0 Å². The number of hydrogen-bond acceptors (Lipinski definition) is 2. The van der Waals surface area contributed by atoms with Crippen LogP contribution in [0.1, 0.15) is 35.1 Å². The standard InChI is InChI=1S/C14H21NO/c1-9-7-14(16)11(3)10(2)13(9)8-12-5-4-6-15-12/h7,12,15-16H,4-6,8H2,1-3H3. The molecule has 2 rings (SSSR count). The first-order chi connectivity index (χ1) is 7.59. The monoisotopic (exact) mass is 219 g/mol. The van der Waals surface area contributed by atoms with Crippen molar-refractivity contribution in [3.05, 3.63) is 28.3 Å². The van der Waals surface area contributed by atoms with Gasteiger partial charge in [0.1, 0.15) is 5.75 Å². The van der Waals surface area contributed by atoms with Crippen LogP contribution in [0.15, 0.2) is 6.07 Å². The summed E-state index contributed by atoms with van der Waals surface area (Å²) in [4.78, 5) is 0. The summed E-state index contributed by atoms with van der Waals surface area (Å²) < 4.78 is 0. The second-order valence-corrected chi connectivity index (χ2v) is 4.94. The van der Waals surface area contributed by atoms with Crippen molar-refractivity contribution >= 4 is 0 Å². The van der Waals surface area contributed by atoms with Crippen LogP contribution >= 0.6 is 0 Å². The predicted octanol–water partition coefficient (Wildman–Crippen LogP) is 2.61. The van der Waals surface area contributed by atoms with Gasteiger partial charge in [0.15, 0.2) is 0 Å². The Labute approximate surface area is 97.7 Å². The molecule has 0 bridgehead atoms. The summed E-state index contributed by atoms with van der Waals surface area (Å²) in [6.45, 7) is 7.36. The van der Waals surface area contributed by atoms with E-state index in [0.717, 1.165) is 18.5 Å². The maximum absolute atomic E-state index is 9.75. The highest BCUT2D eigenvalue weighted by Crippen LogP contribution is 2.28. The van der Waals surface area contributed by atoms with E-state index in [2.05, 4.69) is 19.2 Å². The average molecular weight is 219 g/mol. The van der Waals surface area contributed by atoms with Crippen LogP contribution in [-0.4, -0.2) is 17.7 Å². The molecule has 0 radical (unpaired) electrons. The molecular formula is C14H21NO. The molecule has 0 amide bonds. The number of rotatable bonds is 2. The van der Waals surface area contributed by atoms with E-state index >= 15 is 0 Å². The fourth-order valence-corrected chi connectivity index (χ4v) is 2.61. The zero-order valence-corrected chi connectivity index (χ0v) is 10.4. The molecule has 0 spiro atoms. The Balaban J connectivity index is 2.28. The van der Waals surface area contributed by atoms with Gasteiger partial charge in [0.05, 0.1) is 0 Å². The third-order valence-corrected chi connectivity index (χ3v) is 3.84. The summed E-state index contributed by atoms with van der Waals surface area (Å²) in [7, 11) is 0. The lowest BCUT2D eigenvalue weighted by Crippen LogP contribution is -2.24. The predicted molar refractivity (Wildman–Crippen MR) is 67.0 cm³/mol. The van der Waals surface area contributed by atoms with Gasteiger partial charge in [0, 0.05) is 6.04 Å². The van der Waals surface area contributed by atoms with Gasteiger partial charge in [-0.05, 0) is 74.9 Å². The molecule has 1 aromatic carbocycles. The third kappa shape index (κ3) is 2.07. The van der Waals surface area contributed by atoms with Gasteiger partial charge in [-0.3, -0.25) is 0 Å². The Morgan fingerprint density at radius 2 is 2.06 bits per heavy atom. The van der Waals surface area contributed by atoms with Crippen LogP contribution in [0.3, 0.4) is 0 Å². The molecule has 2 heteroatoms. The molecule has 1 unspecified atom stereocenters. The Morgan fingerprint density at radius 1 is 1.31 bits per heavy atom. The number of phenolic OH excluding ortho intramolecular Hbond substituents is 1. The lowest BCUT2D eigenvalue weighted by Gasteiger charge is -2.17. The van der Waals surface area contributed by atoms with Gasteiger partial charge in [-0.15, -0.1) is 0 Å². The van der Waals surface area contributed by atoms with E-state index in [1.807, 2.05) is 13.0 Å². The molecule has 0 aromatic heterocycles. The largest absolute Gasteiger partial charge is 0.508 e. The summed E-state index contributed by atoms with van der Waals surface area (Å²) in [6.07, 6.45) is 3.66. The smallest absolute Gasteiger partial charge is 0.119 e. The van der Waals surface area contributed by atoms with E-state index in [1.54, 1.807) is 0 Å². The summed E-state index contributed by atoms with van der Waals surface area (Å²) >= 11 is 0. The summed E-state index contributed by atoms with van der Waals surface area (Å²) in [6, 6.07) is 2.52. The highest BCUT2D eigenvalue weighted by molar-refractivity contribution is 5.47. The third-order valence-electron chi connectivity index (χ3n) is 3.84. The molecule has 1 heterocycles. The van der Waals surface area contributed by atoms with Crippen molar-refractivity contribution in [3.63, 3.8) is 0 Å². The van der Waals surface area contributed by atoms with E-state index in [-0.39, 0.29) is 0 Å². The second kappa shape index (κ2) is 4.46. The first kappa shape index (κ1) is 11.5. The van der Waals surface area contributed by atoms with Gasteiger partial charge in [-0.25, -0.2) is 0 Å². The number of hydrogen-bond donors (Lipinski definition) is 2. The molecule has 1 saturated heterocycles. The van der Waals surface area contributed by atoms with E-state index in [1.165, 1.54) is 29.5 Å². The van der Waals surface area contributed by atoms with Gasteiger partial charge in [-0.2, -0.15) is 0 Å². The highest BCUT2D eigenvalue weighted by Gasteiger charge is 2.18. The van der Waals surface area contributed by atoms with Crippen LogP contribution in [-0.2, 0) is 6.42 Å². The molecule has 1 aromatic rings. The van der Waals surface area contributed by atoms with Crippen LogP contribution in [0.4, 0.5) is 0 Å². The van der Waals surface area contributed by atoms with E-state index in [4.69, 9.17) is 0 Å². The normalized spacial score (nSPS) is 20.3. The molecule has 1 fully saturated rings. The van der Waals surface area contributed by atoms with Crippen LogP contribution in [0.5, 0.6) is 5.75 Å². The number of aryl methyl sites for hydroxylation is 1. The molecule has 88 valence electrons. The minimum Gasteiger partial charge on any atom is -0.508 e. The summed E-state index contributed by atoms with van der Waals surface area (Å²) in [5, 5.41) is 13.3. The second-order valence-electron chi connectivity index (χ2n) is 4.94. The van der Waals surface area contributed by atoms with Crippen molar-refractivity contribution in [1.82, 2.24) is 5.32 Å². The van der Waals surface area contributed by atoms with Crippen molar-refractivity contribution in [2.45, 2.75) is 46.1 Å². The molecule has 0 aliphatic carbocycles. The Kier molecular flexibility index (Phi) is 3.20. The minimum absolute atomic E-state index is 0.429. The number of phenols is 1. The van der Waals surface area contributed by atoms with Crippen LogP contribution in [0, 0.1) is 20.8 Å². The first-order valence-corrected chi connectivity index (χ1v) is 6.11. The molecule has 1 aliphatic rings. The van der Waals surface area contributed by atoms with Crippen molar-refractivity contribution in [2.75, 3.05) is 6.54 Å². The van der Waals surface area contributed by atoms with Gasteiger partial charge in [-0.1, -0.05) is 0 Å². The fraction of sp³-hybridized carbons (Fsp3) is 0.571. The first-order valence-electron chi connectivity index (χ1n) is 6.11. The molecule has 1 atom stereocenters. The lowest BCUT2D eigenvalue weighted by atomic mass is 9.92. The zero-order valence-electron chi connectivity index (χ0n) is 10.4. The molecule has 0 saturated carbocycles. The molecule has 2 nitrogen and oxygen atoms in total. The molecule has 1 aliphatic heterocycles. The Hall–Kier alpha value is -1.02. The molecular weight excluding hydrogens is 198 g/mol.